The highest BCUT2D eigenvalue weighted by molar-refractivity contribution is 5.94. The number of nitrogens with zero attached hydrogens (tertiary/aromatic N) is 1. The molecule has 1 N–H and O–H groups in total. The van der Waals surface area contributed by atoms with Gasteiger partial charge in [0.2, 0.25) is 0 Å². The van der Waals surface area contributed by atoms with E-state index in [1.807, 2.05) is 36.2 Å². The monoisotopic (exact) mass is 279 g/mol. The number of hydrogen-bond donors (Lipinski definition) is 1. The van der Waals surface area contributed by atoms with Crippen molar-refractivity contribution in [3.05, 3.63) is 35.4 Å². The molecule has 0 spiro atoms. The van der Waals surface area contributed by atoms with E-state index in [2.05, 4.69) is 0 Å². The predicted molar refractivity (Wildman–Crippen MR) is 77.6 cm³/mol. The van der Waals surface area contributed by atoms with E-state index in [0.717, 1.165) is 11.3 Å². The van der Waals surface area contributed by atoms with Crippen LogP contribution in [0.2, 0.25) is 0 Å². The lowest BCUT2D eigenvalue weighted by Crippen LogP contribution is -2.27. The van der Waals surface area contributed by atoms with E-state index in [0.29, 0.717) is 18.7 Å². The SMILES string of the molecule is COC(=O)/C(=C/c1cccc(OC)c1)CN(C)CCO. The van der Waals surface area contributed by atoms with Crippen molar-refractivity contribution in [1.82, 2.24) is 4.90 Å². The van der Waals surface area contributed by atoms with Crippen LogP contribution in [0, 0.1) is 0 Å². The van der Waals surface area contributed by atoms with E-state index in [1.54, 1.807) is 13.2 Å². The summed E-state index contributed by atoms with van der Waals surface area (Å²) in [6.45, 7) is 0.945. The van der Waals surface area contributed by atoms with Crippen LogP contribution in [0.15, 0.2) is 29.8 Å². The molecule has 5 nitrogen and oxygen atoms in total. The van der Waals surface area contributed by atoms with Crippen LogP contribution in [-0.2, 0) is 9.53 Å². The first-order valence-electron chi connectivity index (χ1n) is 6.33. The van der Waals surface area contributed by atoms with E-state index in [1.165, 1.54) is 7.11 Å². The summed E-state index contributed by atoms with van der Waals surface area (Å²) in [5.41, 5.74) is 1.39. The molecule has 110 valence electrons. The number of esters is 1. The highest BCUT2D eigenvalue weighted by Gasteiger charge is 2.12. The first kappa shape index (κ1) is 16.2. The Balaban J connectivity index is 2.96. The highest BCUT2D eigenvalue weighted by atomic mass is 16.5. The Morgan fingerprint density at radius 3 is 2.75 bits per heavy atom. The smallest absolute Gasteiger partial charge is 0.335 e. The maximum atomic E-state index is 11.8. The van der Waals surface area contributed by atoms with Crippen LogP contribution in [0.4, 0.5) is 0 Å². The van der Waals surface area contributed by atoms with Gasteiger partial charge in [-0.05, 0) is 30.8 Å². The van der Waals surface area contributed by atoms with Crippen LogP contribution < -0.4 is 4.74 Å². The van der Waals surface area contributed by atoms with Gasteiger partial charge in [-0.25, -0.2) is 4.79 Å². The molecule has 5 heteroatoms. The lowest BCUT2D eigenvalue weighted by atomic mass is 10.1. The summed E-state index contributed by atoms with van der Waals surface area (Å²) in [4.78, 5) is 13.6. The fourth-order valence-corrected chi connectivity index (χ4v) is 1.77. The zero-order chi connectivity index (χ0) is 15.0. The third kappa shape index (κ3) is 5.03. The molecule has 0 aliphatic heterocycles. The fraction of sp³-hybridized carbons (Fsp3) is 0.400. The second kappa shape index (κ2) is 8.35. The number of aliphatic hydroxyl groups excluding tert-OH is 1. The van der Waals surface area contributed by atoms with Crippen LogP contribution in [0.1, 0.15) is 5.56 Å². The van der Waals surface area contributed by atoms with E-state index in [4.69, 9.17) is 14.6 Å². The number of carbonyl (C=O) groups excluding carboxylic acids is 1. The summed E-state index contributed by atoms with van der Waals surface area (Å²) in [7, 11) is 4.78. The van der Waals surface area contributed by atoms with Crippen LogP contribution in [0.5, 0.6) is 5.75 Å². The topological polar surface area (TPSA) is 59.0 Å². The molecule has 0 aliphatic carbocycles. The van der Waals surface area contributed by atoms with Gasteiger partial charge in [0.1, 0.15) is 5.75 Å². The molecule has 0 heterocycles. The molecule has 0 unspecified atom stereocenters. The van der Waals surface area contributed by atoms with Gasteiger partial charge in [-0.2, -0.15) is 0 Å². The Labute approximate surface area is 119 Å². The average molecular weight is 279 g/mol. The number of methoxy groups -OCH3 is 2. The molecule has 0 bridgehead atoms. The normalized spacial score (nSPS) is 11.6. The Hall–Kier alpha value is -1.85. The number of hydrogen-bond acceptors (Lipinski definition) is 5. The minimum Gasteiger partial charge on any atom is -0.497 e. The van der Waals surface area contributed by atoms with Gasteiger partial charge in [0.15, 0.2) is 0 Å². The maximum absolute atomic E-state index is 11.8. The Morgan fingerprint density at radius 2 is 2.15 bits per heavy atom. The van der Waals surface area contributed by atoms with Crippen LogP contribution >= 0.6 is 0 Å². The zero-order valence-corrected chi connectivity index (χ0v) is 12.1. The van der Waals surface area contributed by atoms with Gasteiger partial charge in [-0.15, -0.1) is 0 Å². The van der Waals surface area contributed by atoms with E-state index in [9.17, 15) is 4.79 Å². The second-order valence-corrected chi connectivity index (χ2v) is 4.40. The molecule has 1 aromatic rings. The standard InChI is InChI=1S/C15H21NO4/c1-16(7-8-17)11-13(15(18)20-3)9-12-5-4-6-14(10-12)19-2/h4-6,9-10,17H,7-8,11H2,1-3H3/b13-9+. The molecule has 0 saturated heterocycles. The number of carbonyl (C=O) groups is 1. The molecule has 0 radical (unpaired) electrons. The summed E-state index contributed by atoms with van der Waals surface area (Å²) in [6.07, 6.45) is 1.77. The van der Waals surface area contributed by atoms with Crippen molar-refractivity contribution in [2.45, 2.75) is 0 Å². The maximum Gasteiger partial charge on any atom is 0.335 e. The van der Waals surface area contributed by atoms with Crippen molar-refractivity contribution in [2.24, 2.45) is 0 Å². The molecule has 0 aromatic heterocycles. The molecule has 20 heavy (non-hydrogen) atoms. The number of benzene rings is 1. The van der Waals surface area contributed by atoms with Crippen LogP contribution in [-0.4, -0.2) is 56.9 Å². The van der Waals surface area contributed by atoms with Crippen molar-refractivity contribution in [2.75, 3.05) is 41.0 Å². The number of rotatable bonds is 7. The molecule has 1 rings (SSSR count). The van der Waals surface area contributed by atoms with Gasteiger partial charge in [0, 0.05) is 13.1 Å². The Bertz CT molecular complexity index is 471. The molecule has 0 amide bonds. The minimum absolute atomic E-state index is 0.0457. The van der Waals surface area contributed by atoms with E-state index in [-0.39, 0.29) is 12.6 Å². The van der Waals surface area contributed by atoms with Crippen molar-refractivity contribution < 1.29 is 19.4 Å². The zero-order valence-electron chi connectivity index (χ0n) is 12.1. The number of aliphatic hydroxyl groups is 1. The second-order valence-electron chi connectivity index (χ2n) is 4.40. The van der Waals surface area contributed by atoms with Gasteiger partial charge >= 0.3 is 5.97 Å². The summed E-state index contributed by atoms with van der Waals surface area (Å²) < 4.78 is 9.95. The lowest BCUT2D eigenvalue weighted by molar-refractivity contribution is -0.136. The third-order valence-corrected chi connectivity index (χ3v) is 2.80. The Morgan fingerprint density at radius 1 is 1.40 bits per heavy atom. The summed E-state index contributed by atoms with van der Waals surface area (Å²) in [6, 6.07) is 7.43. The quantitative estimate of drug-likeness (QED) is 0.600. The predicted octanol–water partition coefficient (Wildman–Crippen LogP) is 1.18. The van der Waals surface area contributed by atoms with Gasteiger partial charge in [0.25, 0.3) is 0 Å². The number of likely N-dealkylation sites (N-methyl/N-ethyl adjacent to an activating group) is 1. The van der Waals surface area contributed by atoms with Gasteiger partial charge < -0.3 is 14.6 Å². The van der Waals surface area contributed by atoms with Crippen molar-refractivity contribution >= 4 is 12.0 Å². The van der Waals surface area contributed by atoms with Crippen molar-refractivity contribution in [3.8, 4) is 5.75 Å². The highest BCUT2D eigenvalue weighted by Crippen LogP contribution is 2.16. The minimum atomic E-state index is -0.377. The molecular weight excluding hydrogens is 258 g/mol. The first-order valence-corrected chi connectivity index (χ1v) is 6.33. The molecule has 0 saturated carbocycles. The van der Waals surface area contributed by atoms with Crippen LogP contribution in [0.3, 0.4) is 0 Å². The molecule has 0 fully saturated rings. The fourth-order valence-electron chi connectivity index (χ4n) is 1.77. The molecule has 1 aromatic carbocycles. The van der Waals surface area contributed by atoms with Gasteiger partial charge in [0.05, 0.1) is 26.4 Å². The molecule has 0 aliphatic rings. The average Bonchev–Trinajstić information content (AvgIpc) is 2.46. The first-order chi connectivity index (χ1) is 9.60. The number of ether oxygens (including phenoxy) is 2. The molecular formula is C15H21NO4. The summed E-state index contributed by atoms with van der Waals surface area (Å²) >= 11 is 0. The third-order valence-electron chi connectivity index (χ3n) is 2.80. The van der Waals surface area contributed by atoms with E-state index >= 15 is 0 Å². The van der Waals surface area contributed by atoms with Crippen molar-refractivity contribution in [1.29, 1.82) is 0 Å². The summed E-state index contributed by atoms with van der Waals surface area (Å²) in [5, 5.41) is 8.91. The molecule has 0 atom stereocenters. The van der Waals surface area contributed by atoms with E-state index < -0.39 is 0 Å². The van der Waals surface area contributed by atoms with Gasteiger partial charge in [-0.1, -0.05) is 12.1 Å². The van der Waals surface area contributed by atoms with Crippen molar-refractivity contribution in [3.63, 3.8) is 0 Å². The van der Waals surface area contributed by atoms with Crippen LogP contribution in [0.25, 0.3) is 6.08 Å². The Kier molecular flexibility index (Phi) is 6.76. The van der Waals surface area contributed by atoms with Gasteiger partial charge in [-0.3, -0.25) is 4.90 Å². The largest absolute Gasteiger partial charge is 0.497 e. The summed E-state index contributed by atoms with van der Waals surface area (Å²) in [5.74, 6) is 0.351. The lowest BCUT2D eigenvalue weighted by Gasteiger charge is -2.16.